The number of benzene rings is 1. The van der Waals surface area contributed by atoms with E-state index in [1.807, 2.05) is 22.9 Å². The van der Waals surface area contributed by atoms with Crippen LogP contribution in [0.5, 0.6) is 0 Å². The van der Waals surface area contributed by atoms with E-state index in [0.29, 0.717) is 31.1 Å². The smallest absolute Gasteiger partial charge is 0.253 e. The van der Waals surface area contributed by atoms with Crippen LogP contribution in [0.25, 0.3) is 0 Å². The molecule has 2 heterocycles. The number of hydrogen-bond acceptors (Lipinski definition) is 4. The summed E-state index contributed by atoms with van der Waals surface area (Å²) in [6.07, 6.45) is 9.21. The van der Waals surface area contributed by atoms with Crippen LogP contribution in [0.4, 0.5) is 0 Å². The zero-order valence-corrected chi connectivity index (χ0v) is 14.9. The molecule has 138 valence electrons. The van der Waals surface area contributed by atoms with Gasteiger partial charge in [0.2, 0.25) is 0 Å². The van der Waals surface area contributed by atoms with Gasteiger partial charge in [0, 0.05) is 49.6 Å². The van der Waals surface area contributed by atoms with Crippen molar-refractivity contribution >= 4 is 5.91 Å². The number of aromatic nitrogens is 4. The summed E-state index contributed by atoms with van der Waals surface area (Å²) < 4.78 is 3.50. The molecule has 0 radical (unpaired) electrons. The average molecular weight is 363 g/mol. The normalized spacial score (nSPS) is 13.5. The van der Waals surface area contributed by atoms with Gasteiger partial charge in [-0.3, -0.25) is 14.2 Å². The standard InChI is InChI=1S/C20H21N5O2/c26-19-11-18(16-5-6-16)23-14-25(19)10-8-22-20(27)17-3-1-15(2-4-17)12-24-9-7-21-13-24/h1-4,7,9,11,13-14,16H,5-6,8,10,12H2,(H,22,27). The fourth-order valence-electron chi connectivity index (χ4n) is 2.95. The third-order valence-electron chi connectivity index (χ3n) is 4.67. The van der Waals surface area contributed by atoms with Gasteiger partial charge >= 0.3 is 0 Å². The van der Waals surface area contributed by atoms with Gasteiger partial charge in [-0.05, 0) is 30.5 Å². The van der Waals surface area contributed by atoms with Crippen LogP contribution < -0.4 is 10.9 Å². The first-order valence-corrected chi connectivity index (χ1v) is 9.08. The summed E-state index contributed by atoms with van der Waals surface area (Å²) in [6, 6.07) is 9.08. The molecule has 1 amide bonds. The van der Waals surface area contributed by atoms with Gasteiger partial charge in [-0.1, -0.05) is 12.1 Å². The zero-order valence-electron chi connectivity index (χ0n) is 14.9. The number of nitrogens with one attached hydrogen (secondary N) is 1. The van der Waals surface area contributed by atoms with Crippen molar-refractivity contribution in [2.24, 2.45) is 0 Å². The Hall–Kier alpha value is -3.22. The van der Waals surface area contributed by atoms with Gasteiger partial charge in [0.05, 0.1) is 18.3 Å². The molecule has 0 saturated heterocycles. The molecule has 0 unspecified atom stereocenters. The topological polar surface area (TPSA) is 81.8 Å². The van der Waals surface area contributed by atoms with Crippen LogP contribution in [0.1, 0.15) is 40.4 Å². The number of nitrogens with zero attached hydrogens (tertiary/aromatic N) is 4. The van der Waals surface area contributed by atoms with Crippen LogP contribution in [-0.4, -0.2) is 31.6 Å². The molecule has 1 aromatic carbocycles. The first kappa shape index (κ1) is 17.2. The van der Waals surface area contributed by atoms with Gasteiger partial charge in [0.1, 0.15) is 0 Å². The maximum absolute atomic E-state index is 12.3. The molecule has 3 aromatic rings. The Kier molecular flexibility index (Phi) is 4.82. The van der Waals surface area contributed by atoms with Crippen molar-refractivity contribution in [2.45, 2.75) is 31.8 Å². The predicted octanol–water partition coefficient (Wildman–Crippen LogP) is 1.80. The Morgan fingerprint density at radius 3 is 2.67 bits per heavy atom. The van der Waals surface area contributed by atoms with E-state index < -0.39 is 0 Å². The summed E-state index contributed by atoms with van der Waals surface area (Å²) in [4.78, 5) is 32.7. The van der Waals surface area contributed by atoms with Crippen LogP contribution in [0.3, 0.4) is 0 Å². The quantitative estimate of drug-likeness (QED) is 0.694. The molecule has 4 rings (SSSR count). The van der Waals surface area contributed by atoms with Gasteiger partial charge in [0.15, 0.2) is 0 Å². The number of amides is 1. The number of carbonyl (C=O) groups excluding carboxylic acids is 1. The first-order chi connectivity index (χ1) is 13.2. The van der Waals surface area contributed by atoms with E-state index in [0.717, 1.165) is 24.1 Å². The van der Waals surface area contributed by atoms with E-state index >= 15 is 0 Å². The van der Waals surface area contributed by atoms with Crippen LogP contribution >= 0.6 is 0 Å². The lowest BCUT2D eigenvalue weighted by molar-refractivity contribution is 0.0952. The summed E-state index contributed by atoms with van der Waals surface area (Å²) >= 11 is 0. The van der Waals surface area contributed by atoms with Crippen LogP contribution in [0.2, 0.25) is 0 Å². The number of imidazole rings is 1. The Labute approximate surface area is 156 Å². The van der Waals surface area contributed by atoms with Crippen molar-refractivity contribution in [3.05, 3.63) is 82.6 Å². The zero-order chi connectivity index (χ0) is 18.6. The van der Waals surface area contributed by atoms with E-state index in [9.17, 15) is 9.59 Å². The number of carbonyl (C=O) groups is 1. The number of hydrogen-bond donors (Lipinski definition) is 1. The van der Waals surface area contributed by atoms with E-state index in [2.05, 4.69) is 15.3 Å². The lowest BCUT2D eigenvalue weighted by atomic mass is 10.1. The third-order valence-corrected chi connectivity index (χ3v) is 4.67. The molecule has 1 aliphatic rings. The summed E-state index contributed by atoms with van der Waals surface area (Å²) in [7, 11) is 0. The fraction of sp³-hybridized carbons (Fsp3) is 0.300. The van der Waals surface area contributed by atoms with Crippen molar-refractivity contribution in [3.8, 4) is 0 Å². The van der Waals surface area contributed by atoms with Crippen molar-refractivity contribution < 1.29 is 4.79 Å². The second-order valence-electron chi connectivity index (χ2n) is 6.81. The van der Waals surface area contributed by atoms with E-state index in [-0.39, 0.29) is 11.5 Å². The highest BCUT2D eigenvalue weighted by atomic mass is 16.1. The molecule has 0 atom stereocenters. The average Bonchev–Trinajstić information content (AvgIpc) is 3.41. The highest BCUT2D eigenvalue weighted by Crippen LogP contribution is 2.38. The predicted molar refractivity (Wildman–Crippen MR) is 101 cm³/mol. The molecule has 0 spiro atoms. The largest absolute Gasteiger partial charge is 0.350 e. The molecule has 0 bridgehead atoms. The second kappa shape index (κ2) is 7.57. The fourth-order valence-corrected chi connectivity index (χ4v) is 2.95. The summed E-state index contributed by atoms with van der Waals surface area (Å²) in [6.45, 7) is 1.50. The highest BCUT2D eigenvalue weighted by Gasteiger charge is 2.25. The Morgan fingerprint density at radius 2 is 2.00 bits per heavy atom. The Balaban J connectivity index is 1.29. The molecule has 7 heteroatoms. The van der Waals surface area contributed by atoms with Gasteiger partial charge < -0.3 is 9.88 Å². The van der Waals surface area contributed by atoms with E-state index in [1.165, 1.54) is 4.57 Å². The summed E-state index contributed by atoms with van der Waals surface area (Å²) in [5.74, 6) is 0.309. The summed E-state index contributed by atoms with van der Waals surface area (Å²) in [5.41, 5.74) is 2.51. The van der Waals surface area contributed by atoms with Crippen LogP contribution in [-0.2, 0) is 13.1 Å². The molecular weight excluding hydrogens is 342 g/mol. The molecule has 27 heavy (non-hydrogen) atoms. The van der Waals surface area contributed by atoms with Gasteiger partial charge in [-0.25, -0.2) is 9.97 Å². The molecule has 1 fully saturated rings. The molecule has 1 aliphatic carbocycles. The lowest BCUT2D eigenvalue weighted by Gasteiger charge is -2.09. The highest BCUT2D eigenvalue weighted by molar-refractivity contribution is 5.94. The summed E-state index contributed by atoms with van der Waals surface area (Å²) in [5, 5.41) is 2.85. The SMILES string of the molecule is O=C(NCCn1cnc(C2CC2)cc1=O)c1ccc(Cn2ccnc2)cc1. The molecular formula is C20H21N5O2. The van der Waals surface area contributed by atoms with Crippen molar-refractivity contribution in [3.63, 3.8) is 0 Å². The van der Waals surface area contributed by atoms with Crippen LogP contribution in [0, 0.1) is 0 Å². The second-order valence-corrected chi connectivity index (χ2v) is 6.81. The molecule has 7 nitrogen and oxygen atoms in total. The monoisotopic (exact) mass is 363 g/mol. The lowest BCUT2D eigenvalue weighted by Crippen LogP contribution is -2.31. The van der Waals surface area contributed by atoms with Crippen molar-refractivity contribution in [1.82, 2.24) is 24.4 Å². The minimum absolute atomic E-state index is 0.0648. The Bertz CT molecular complexity index is 972. The minimum atomic E-state index is -0.153. The maximum atomic E-state index is 12.3. The van der Waals surface area contributed by atoms with Gasteiger partial charge in [-0.15, -0.1) is 0 Å². The minimum Gasteiger partial charge on any atom is -0.350 e. The maximum Gasteiger partial charge on any atom is 0.253 e. The molecule has 0 aliphatic heterocycles. The Morgan fingerprint density at radius 1 is 1.19 bits per heavy atom. The van der Waals surface area contributed by atoms with Gasteiger partial charge in [0.25, 0.3) is 11.5 Å². The van der Waals surface area contributed by atoms with E-state index in [1.54, 1.807) is 37.1 Å². The van der Waals surface area contributed by atoms with Crippen LogP contribution in [0.15, 0.2) is 60.2 Å². The third kappa shape index (κ3) is 4.31. The molecule has 1 N–H and O–H groups in total. The molecule has 2 aromatic heterocycles. The first-order valence-electron chi connectivity index (χ1n) is 9.08. The van der Waals surface area contributed by atoms with Crippen molar-refractivity contribution in [2.75, 3.05) is 6.54 Å². The molecule has 1 saturated carbocycles. The van der Waals surface area contributed by atoms with E-state index in [4.69, 9.17) is 0 Å². The van der Waals surface area contributed by atoms with Crippen molar-refractivity contribution in [1.29, 1.82) is 0 Å². The number of rotatable bonds is 7. The van der Waals surface area contributed by atoms with Gasteiger partial charge in [-0.2, -0.15) is 0 Å².